The number of carbonyl (C=O) groups is 1. The zero-order valence-corrected chi connectivity index (χ0v) is 13.6. The van der Waals surface area contributed by atoms with Gasteiger partial charge in [0, 0.05) is 4.47 Å². The fourth-order valence-corrected chi connectivity index (χ4v) is 3.94. The second-order valence-corrected chi connectivity index (χ2v) is 7.48. The van der Waals surface area contributed by atoms with E-state index in [1.165, 1.54) is 18.2 Å². The van der Waals surface area contributed by atoms with Crippen LogP contribution in [0.15, 0.2) is 51.8 Å². The van der Waals surface area contributed by atoms with Gasteiger partial charge in [-0.15, -0.1) is 0 Å². The van der Waals surface area contributed by atoms with Crippen molar-refractivity contribution in [2.75, 3.05) is 0 Å². The van der Waals surface area contributed by atoms with E-state index in [9.17, 15) is 13.2 Å². The molecule has 0 amide bonds. The van der Waals surface area contributed by atoms with Crippen LogP contribution in [0.5, 0.6) is 0 Å². The molecule has 0 unspecified atom stereocenters. The molecule has 2 rings (SSSR count). The Bertz CT molecular complexity index is 797. The lowest BCUT2D eigenvalue weighted by atomic mass is 10.1. The summed E-state index contributed by atoms with van der Waals surface area (Å²) in [5, 5.41) is 9.09. The Balaban J connectivity index is 2.43. The molecule has 1 N–H and O–H groups in total. The summed E-state index contributed by atoms with van der Waals surface area (Å²) in [5.74, 6) is -1.32. The normalized spacial score (nSPS) is 11.3. The van der Waals surface area contributed by atoms with Crippen molar-refractivity contribution in [2.45, 2.75) is 17.6 Å². The van der Waals surface area contributed by atoms with E-state index in [1.54, 1.807) is 31.2 Å². The summed E-state index contributed by atoms with van der Waals surface area (Å²) in [5.41, 5.74) is 1.17. The third kappa shape index (κ3) is 3.51. The smallest absolute Gasteiger partial charge is 0.335 e. The molecule has 110 valence electrons. The van der Waals surface area contributed by atoms with Gasteiger partial charge in [-0.2, -0.15) is 0 Å². The van der Waals surface area contributed by atoms with Gasteiger partial charge in [0.05, 0.1) is 16.2 Å². The van der Waals surface area contributed by atoms with Crippen molar-refractivity contribution in [3.8, 4) is 0 Å². The molecule has 21 heavy (non-hydrogen) atoms. The lowest BCUT2D eigenvalue weighted by Gasteiger charge is -2.08. The minimum Gasteiger partial charge on any atom is -0.478 e. The van der Waals surface area contributed by atoms with Crippen LogP contribution in [0.1, 0.15) is 21.5 Å². The van der Waals surface area contributed by atoms with Crippen LogP contribution in [0.4, 0.5) is 0 Å². The van der Waals surface area contributed by atoms with Gasteiger partial charge in [0.2, 0.25) is 0 Å². The maximum absolute atomic E-state index is 12.4. The minimum atomic E-state index is -3.60. The first-order valence-electron chi connectivity index (χ1n) is 6.11. The Labute approximate surface area is 131 Å². The van der Waals surface area contributed by atoms with Gasteiger partial charge in [-0.3, -0.25) is 0 Å². The van der Waals surface area contributed by atoms with Crippen LogP contribution in [0.2, 0.25) is 0 Å². The van der Waals surface area contributed by atoms with Crippen LogP contribution in [-0.4, -0.2) is 19.5 Å². The maximum Gasteiger partial charge on any atom is 0.335 e. The number of aryl methyl sites for hydroxylation is 1. The molecule has 0 saturated heterocycles. The summed E-state index contributed by atoms with van der Waals surface area (Å²) in [6.45, 7) is 1.63. The first-order chi connectivity index (χ1) is 9.81. The van der Waals surface area contributed by atoms with Crippen molar-refractivity contribution < 1.29 is 18.3 Å². The van der Waals surface area contributed by atoms with E-state index in [4.69, 9.17) is 5.11 Å². The zero-order valence-electron chi connectivity index (χ0n) is 11.2. The van der Waals surface area contributed by atoms with Gasteiger partial charge < -0.3 is 5.11 Å². The van der Waals surface area contributed by atoms with Gasteiger partial charge >= 0.3 is 5.97 Å². The number of halogens is 1. The van der Waals surface area contributed by atoms with Gasteiger partial charge in [-0.25, -0.2) is 13.2 Å². The fourth-order valence-electron chi connectivity index (χ4n) is 1.93. The molecule has 0 fully saturated rings. The average molecular weight is 369 g/mol. The number of rotatable bonds is 4. The van der Waals surface area contributed by atoms with Crippen molar-refractivity contribution in [3.63, 3.8) is 0 Å². The molecule has 0 saturated carbocycles. The molecule has 0 aromatic heterocycles. The maximum atomic E-state index is 12.4. The number of carboxylic acid groups (broad SMARTS) is 1. The molecule has 0 atom stereocenters. The molecule has 6 heteroatoms. The Morgan fingerprint density at radius 2 is 1.86 bits per heavy atom. The van der Waals surface area contributed by atoms with E-state index < -0.39 is 15.8 Å². The van der Waals surface area contributed by atoms with Gasteiger partial charge in [0.15, 0.2) is 9.84 Å². The highest BCUT2D eigenvalue weighted by atomic mass is 79.9. The van der Waals surface area contributed by atoms with E-state index in [1.807, 2.05) is 0 Å². The minimum absolute atomic E-state index is 0.00297. The number of hydrogen-bond donors (Lipinski definition) is 1. The zero-order chi connectivity index (χ0) is 15.6. The van der Waals surface area contributed by atoms with Crippen LogP contribution in [0, 0.1) is 6.92 Å². The summed E-state index contributed by atoms with van der Waals surface area (Å²) in [4.78, 5) is 11.1. The van der Waals surface area contributed by atoms with E-state index in [-0.39, 0.29) is 16.2 Å². The second kappa shape index (κ2) is 5.99. The van der Waals surface area contributed by atoms with E-state index in [0.717, 1.165) is 0 Å². The number of aromatic carboxylic acids is 1. The third-order valence-corrected chi connectivity index (χ3v) is 5.54. The van der Waals surface area contributed by atoms with Crippen molar-refractivity contribution in [1.29, 1.82) is 0 Å². The standard InChI is InChI=1S/C15H13BrO4S/c1-10-6-7-12(8-13(10)15(17)18)21(19,20)9-11-4-2-3-5-14(11)16/h2-8H,9H2,1H3,(H,17,18). The predicted molar refractivity (Wildman–Crippen MR) is 83.2 cm³/mol. The molecule has 2 aromatic rings. The van der Waals surface area contributed by atoms with Crippen LogP contribution < -0.4 is 0 Å². The second-order valence-electron chi connectivity index (χ2n) is 4.63. The summed E-state index contributed by atoms with van der Waals surface area (Å²) in [6.07, 6.45) is 0. The number of sulfone groups is 1. The Morgan fingerprint density at radius 1 is 1.19 bits per heavy atom. The molecular weight excluding hydrogens is 356 g/mol. The number of benzene rings is 2. The molecular formula is C15H13BrO4S. The first kappa shape index (κ1) is 15.7. The van der Waals surface area contributed by atoms with E-state index in [2.05, 4.69) is 15.9 Å². The predicted octanol–water partition coefficient (Wildman–Crippen LogP) is 3.43. The van der Waals surface area contributed by atoms with Gasteiger partial charge in [-0.05, 0) is 36.2 Å². The summed E-state index contributed by atoms with van der Waals surface area (Å²) < 4.78 is 25.6. The Kier molecular flexibility index (Phi) is 4.49. The Hall–Kier alpha value is -1.66. The van der Waals surface area contributed by atoms with E-state index in [0.29, 0.717) is 15.6 Å². The summed E-state index contributed by atoms with van der Waals surface area (Å²) in [6, 6.07) is 11.2. The van der Waals surface area contributed by atoms with Crippen LogP contribution in [0.3, 0.4) is 0 Å². The summed E-state index contributed by atoms with van der Waals surface area (Å²) >= 11 is 3.31. The highest BCUT2D eigenvalue weighted by Crippen LogP contribution is 2.24. The average Bonchev–Trinajstić information content (AvgIpc) is 2.41. The molecule has 0 aliphatic carbocycles. The van der Waals surface area contributed by atoms with Crippen molar-refractivity contribution in [2.24, 2.45) is 0 Å². The number of hydrogen-bond acceptors (Lipinski definition) is 3. The molecule has 0 aliphatic rings. The first-order valence-corrected chi connectivity index (χ1v) is 8.56. The van der Waals surface area contributed by atoms with Gasteiger partial charge in [0.1, 0.15) is 0 Å². The molecule has 2 aromatic carbocycles. The third-order valence-electron chi connectivity index (χ3n) is 3.10. The highest BCUT2D eigenvalue weighted by molar-refractivity contribution is 9.10. The Morgan fingerprint density at radius 3 is 2.48 bits per heavy atom. The van der Waals surface area contributed by atoms with Crippen molar-refractivity contribution in [3.05, 3.63) is 63.6 Å². The molecule has 0 radical (unpaired) electrons. The van der Waals surface area contributed by atoms with Crippen molar-refractivity contribution in [1.82, 2.24) is 0 Å². The lowest BCUT2D eigenvalue weighted by molar-refractivity contribution is 0.0696. The lowest BCUT2D eigenvalue weighted by Crippen LogP contribution is -2.08. The van der Waals surface area contributed by atoms with E-state index >= 15 is 0 Å². The molecule has 0 bridgehead atoms. The monoisotopic (exact) mass is 368 g/mol. The van der Waals surface area contributed by atoms with Crippen LogP contribution in [0.25, 0.3) is 0 Å². The fraction of sp³-hybridized carbons (Fsp3) is 0.133. The molecule has 0 spiro atoms. The molecule has 4 nitrogen and oxygen atoms in total. The SMILES string of the molecule is Cc1ccc(S(=O)(=O)Cc2ccccc2Br)cc1C(=O)O. The van der Waals surface area contributed by atoms with Gasteiger partial charge in [-0.1, -0.05) is 40.2 Å². The topological polar surface area (TPSA) is 71.4 Å². The quantitative estimate of drug-likeness (QED) is 0.896. The van der Waals surface area contributed by atoms with Crippen LogP contribution >= 0.6 is 15.9 Å². The van der Waals surface area contributed by atoms with Gasteiger partial charge in [0.25, 0.3) is 0 Å². The summed E-state index contributed by atoms with van der Waals surface area (Å²) in [7, 11) is -3.60. The largest absolute Gasteiger partial charge is 0.478 e. The van der Waals surface area contributed by atoms with Crippen molar-refractivity contribution >= 4 is 31.7 Å². The number of carboxylic acids is 1. The highest BCUT2D eigenvalue weighted by Gasteiger charge is 2.19. The molecule has 0 heterocycles. The van der Waals surface area contributed by atoms with Crippen LogP contribution in [-0.2, 0) is 15.6 Å². The molecule has 0 aliphatic heterocycles.